The summed E-state index contributed by atoms with van der Waals surface area (Å²) in [6.07, 6.45) is 1.55. The van der Waals surface area contributed by atoms with Gasteiger partial charge in [-0.2, -0.15) is 0 Å². The van der Waals surface area contributed by atoms with Gasteiger partial charge in [0.1, 0.15) is 16.8 Å². The Kier molecular flexibility index (Phi) is 4.03. The van der Waals surface area contributed by atoms with Crippen molar-refractivity contribution in [2.24, 2.45) is 0 Å². The molecule has 0 N–H and O–H groups in total. The summed E-state index contributed by atoms with van der Waals surface area (Å²) in [5, 5.41) is 0.684. The molecule has 4 rings (SSSR count). The molecule has 0 fully saturated rings. The van der Waals surface area contributed by atoms with Gasteiger partial charge in [-0.3, -0.25) is 9.36 Å². The predicted octanol–water partition coefficient (Wildman–Crippen LogP) is 4.78. The van der Waals surface area contributed by atoms with Crippen LogP contribution in [0.5, 0.6) is 5.75 Å². The minimum Gasteiger partial charge on any atom is -0.497 e. The van der Waals surface area contributed by atoms with Crippen molar-refractivity contribution in [3.8, 4) is 21.9 Å². The van der Waals surface area contributed by atoms with E-state index in [1.165, 1.54) is 15.9 Å². The number of hydrogen-bond acceptors (Lipinski definition) is 4. The molecule has 4 aromatic rings. The fourth-order valence-electron chi connectivity index (χ4n) is 2.61. The highest BCUT2D eigenvalue weighted by molar-refractivity contribution is 7.22. The van der Waals surface area contributed by atoms with Crippen LogP contribution < -0.4 is 10.3 Å². The lowest BCUT2D eigenvalue weighted by atomic mass is 10.2. The first-order chi connectivity index (χ1) is 12.2. The molecule has 2 aromatic heterocycles. The van der Waals surface area contributed by atoms with Crippen molar-refractivity contribution in [1.82, 2.24) is 9.55 Å². The third kappa shape index (κ3) is 2.92. The predicted molar refractivity (Wildman–Crippen MR) is 102 cm³/mol. The number of nitrogens with zero attached hydrogens (tertiary/aromatic N) is 2. The molecule has 0 radical (unpaired) electrons. The van der Waals surface area contributed by atoms with Crippen LogP contribution in [0.4, 0.5) is 0 Å². The molecule has 0 unspecified atom stereocenters. The van der Waals surface area contributed by atoms with E-state index in [9.17, 15) is 4.79 Å². The van der Waals surface area contributed by atoms with Gasteiger partial charge < -0.3 is 4.74 Å². The normalized spacial score (nSPS) is 11.0. The van der Waals surface area contributed by atoms with Crippen LogP contribution in [0.3, 0.4) is 0 Å². The van der Waals surface area contributed by atoms with Crippen LogP contribution in [0.1, 0.15) is 0 Å². The number of rotatable bonds is 3. The van der Waals surface area contributed by atoms with Gasteiger partial charge in [0.2, 0.25) is 0 Å². The van der Waals surface area contributed by atoms with Gasteiger partial charge in [-0.1, -0.05) is 29.8 Å². The number of hydrogen-bond donors (Lipinski definition) is 0. The Morgan fingerprint density at radius 2 is 1.92 bits per heavy atom. The second kappa shape index (κ2) is 6.35. The van der Waals surface area contributed by atoms with Crippen LogP contribution in [0.15, 0.2) is 65.7 Å². The topological polar surface area (TPSA) is 44.1 Å². The van der Waals surface area contributed by atoms with Crippen LogP contribution >= 0.6 is 22.9 Å². The van der Waals surface area contributed by atoms with Gasteiger partial charge in [0.15, 0.2) is 0 Å². The van der Waals surface area contributed by atoms with Gasteiger partial charge in [-0.05, 0) is 35.9 Å². The summed E-state index contributed by atoms with van der Waals surface area (Å²) in [5.74, 6) is 0.692. The Labute approximate surface area is 152 Å². The lowest BCUT2D eigenvalue weighted by Crippen LogP contribution is -2.17. The SMILES string of the molecule is COc1cccc(-n2cnc3cc(-c4ccc(Cl)cc4)sc3c2=O)c1. The largest absolute Gasteiger partial charge is 0.497 e. The molecule has 0 bridgehead atoms. The number of thiophene rings is 1. The van der Waals surface area contributed by atoms with Crippen molar-refractivity contribution < 1.29 is 4.74 Å². The average Bonchev–Trinajstić information content (AvgIpc) is 3.08. The number of methoxy groups -OCH3 is 1. The van der Waals surface area contributed by atoms with Crippen molar-refractivity contribution in [1.29, 1.82) is 0 Å². The third-order valence-electron chi connectivity index (χ3n) is 3.90. The van der Waals surface area contributed by atoms with Gasteiger partial charge >= 0.3 is 0 Å². The Bertz CT molecular complexity index is 1120. The third-order valence-corrected chi connectivity index (χ3v) is 5.31. The highest BCUT2D eigenvalue weighted by Crippen LogP contribution is 2.31. The van der Waals surface area contributed by atoms with Crippen molar-refractivity contribution in [2.75, 3.05) is 7.11 Å². The number of aromatic nitrogens is 2. The van der Waals surface area contributed by atoms with E-state index < -0.39 is 0 Å². The Morgan fingerprint density at radius 1 is 1.12 bits per heavy atom. The summed E-state index contributed by atoms with van der Waals surface area (Å²) >= 11 is 7.38. The maximum atomic E-state index is 12.9. The molecule has 0 aliphatic rings. The molecule has 2 heterocycles. The van der Waals surface area contributed by atoms with Gasteiger partial charge in [0.25, 0.3) is 5.56 Å². The van der Waals surface area contributed by atoms with E-state index >= 15 is 0 Å². The van der Waals surface area contributed by atoms with E-state index in [0.717, 1.165) is 16.1 Å². The summed E-state index contributed by atoms with van der Waals surface area (Å²) in [6.45, 7) is 0. The maximum Gasteiger partial charge on any atom is 0.275 e. The van der Waals surface area contributed by atoms with E-state index in [2.05, 4.69) is 4.98 Å². The Morgan fingerprint density at radius 3 is 2.68 bits per heavy atom. The summed E-state index contributed by atoms with van der Waals surface area (Å²) in [4.78, 5) is 18.3. The summed E-state index contributed by atoms with van der Waals surface area (Å²) in [7, 11) is 1.60. The lowest BCUT2D eigenvalue weighted by molar-refractivity contribution is 0.414. The Hall–Kier alpha value is -2.63. The molecule has 4 nitrogen and oxygen atoms in total. The molecule has 0 atom stereocenters. The molecule has 0 aliphatic heterocycles. The van der Waals surface area contributed by atoms with Crippen LogP contribution in [-0.4, -0.2) is 16.7 Å². The van der Waals surface area contributed by atoms with E-state index in [-0.39, 0.29) is 5.56 Å². The quantitative estimate of drug-likeness (QED) is 0.523. The molecule has 0 spiro atoms. The van der Waals surface area contributed by atoms with Crippen molar-refractivity contribution >= 4 is 33.2 Å². The average molecular weight is 369 g/mol. The molecule has 124 valence electrons. The highest BCUT2D eigenvalue weighted by atomic mass is 35.5. The number of ether oxygens (including phenoxy) is 1. The summed E-state index contributed by atoms with van der Waals surface area (Å²) in [6, 6.07) is 16.8. The second-order valence-corrected chi connectivity index (χ2v) is 6.94. The molecular weight excluding hydrogens is 356 g/mol. The van der Waals surface area contributed by atoms with E-state index in [1.54, 1.807) is 13.4 Å². The van der Waals surface area contributed by atoms with Gasteiger partial charge in [0, 0.05) is 16.0 Å². The molecule has 25 heavy (non-hydrogen) atoms. The van der Waals surface area contributed by atoms with Crippen molar-refractivity contribution in [3.05, 3.63) is 76.3 Å². The van der Waals surface area contributed by atoms with Gasteiger partial charge in [0.05, 0.1) is 18.3 Å². The first kappa shape index (κ1) is 15.9. The number of benzene rings is 2. The number of halogens is 1. The standard InChI is InChI=1S/C19H13ClN2O2S/c1-24-15-4-2-3-14(9-15)22-11-21-16-10-17(25-18(16)19(22)23)12-5-7-13(20)8-6-12/h2-11H,1H3. The van der Waals surface area contributed by atoms with Crippen LogP contribution in [0.2, 0.25) is 5.02 Å². The minimum absolute atomic E-state index is 0.0940. The lowest BCUT2D eigenvalue weighted by Gasteiger charge is -2.06. The van der Waals surface area contributed by atoms with Gasteiger partial charge in [-0.15, -0.1) is 11.3 Å². The molecule has 0 saturated carbocycles. The highest BCUT2D eigenvalue weighted by Gasteiger charge is 2.12. The number of fused-ring (bicyclic) bond motifs is 1. The zero-order valence-corrected chi connectivity index (χ0v) is 14.8. The van der Waals surface area contributed by atoms with E-state index in [4.69, 9.17) is 16.3 Å². The fraction of sp³-hybridized carbons (Fsp3) is 0.0526. The van der Waals surface area contributed by atoms with Crippen molar-refractivity contribution in [3.63, 3.8) is 0 Å². The first-order valence-electron chi connectivity index (χ1n) is 7.57. The summed E-state index contributed by atoms with van der Waals surface area (Å²) in [5.41, 5.74) is 2.34. The maximum absolute atomic E-state index is 12.9. The fourth-order valence-corrected chi connectivity index (χ4v) is 3.79. The molecule has 2 aromatic carbocycles. The van der Waals surface area contributed by atoms with E-state index in [0.29, 0.717) is 21.0 Å². The second-order valence-electron chi connectivity index (χ2n) is 5.45. The minimum atomic E-state index is -0.0940. The zero-order chi connectivity index (χ0) is 17.4. The molecule has 0 aliphatic carbocycles. The summed E-state index contributed by atoms with van der Waals surface area (Å²) < 4.78 is 7.39. The molecule has 6 heteroatoms. The van der Waals surface area contributed by atoms with E-state index in [1.807, 2.05) is 54.6 Å². The zero-order valence-electron chi connectivity index (χ0n) is 13.3. The van der Waals surface area contributed by atoms with Crippen LogP contribution in [0.25, 0.3) is 26.3 Å². The van der Waals surface area contributed by atoms with Crippen LogP contribution in [0, 0.1) is 0 Å². The molecule has 0 saturated heterocycles. The first-order valence-corrected chi connectivity index (χ1v) is 8.77. The molecular formula is C19H13ClN2O2S. The monoisotopic (exact) mass is 368 g/mol. The Balaban J connectivity index is 1.85. The smallest absolute Gasteiger partial charge is 0.275 e. The van der Waals surface area contributed by atoms with Crippen molar-refractivity contribution in [2.45, 2.75) is 0 Å². The van der Waals surface area contributed by atoms with Gasteiger partial charge in [-0.25, -0.2) is 4.98 Å². The van der Waals surface area contributed by atoms with Crippen LogP contribution in [-0.2, 0) is 0 Å². The molecule has 0 amide bonds.